The molecule has 0 bridgehead atoms. The third-order valence-electron chi connectivity index (χ3n) is 4.03. The third-order valence-corrected chi connectivity index (χ3v) is 4.03. The molecule has 0 aliphatic rings. The molecule has 0 heterocycles. The molecule has 0 aliphatic carbocycles. The average molecular weight is 369 g/mol. The molecule has 0 unspecified atom stereocenters. The standard InChI is InChI=1S/C22H27NO4/c1-2-3-15-26-21-13-9-19(10-14-21)17-23-20-11-7-18(8-12-20)6-4-5-16-27-22(24)25/h7-14,17H,2-6,15-16H2,1H3,(H,24,25). The van der Waals surface area contributed by atoms with Crippen molar-refractivity contribution in [3.8, 4) is 5.75 Å². The molecule has 0 aliphatic heterocycles. The Balaban J connectivity index is 1.77. The fourth-order valence-electron chi connectivity index (χ4n) is 2.47. The average Bonchev–Trinajstić information content (AvgIpc) is 2.68. The lowest BCUT2D eigenvalue weighted by Crippen LogP contribution is -2.01. The predicted molar refractivity (Wildman–Crippen MR) is 107 cm³/mol. The van der Waals surface area contributed by atoms with Gasteiger partial charge in [0, 0.05) is 6.21 Å². The van der Waals surface area contributed by atoms with Gasteiger partial charge in [0.1, 0.15) is 5.75 Å². The van der Waals surface area contributed by atoms with Crippen molar-refractivity contribution in [1.82, 2.24) is 0 Å². The van der Waals surface area contributed by atoms with Crippen LogP contribution in [0.3, 0.4) is 0 Å². The summed E-state index contributed by atoms with van der Waals surface area (Å²) in [6.07, 6.45) is 5.33. The highest BCUT2D eigenvalue weighted by atomic mass is 16.7. The van der Waals surface area contributed by atoms with Gasteiger partial charge in [-0.25, -0.2) is 4.79 Å². The van der Waals surface area contributed by atoms with E-state index in [-0.39, 0.29) is 6.61 Å². The number of nitrogens with zero attached hydrogens (tertiary/aromatic N) is 1. The highest BCUT2D eigenvalue weighted by Gasteiger charge is 1.98. The first-order valence-corrected chi connectivity index (χ1v) is 9.39. The van der Waals surface area contributed by atoms with Crippen LogP contribution in [0.25, 0.3) is 0 Å². The summed E-state index contributed by atoms with van der Waals surface area (Å²) in [6.45, 7) is 3.15. The van der Waals surface area contributed by atoms with E-state index in [1.807, 2.05) is 42.6 Å². The quantitative estimate of drug-likeness (QED) is 0.316. The molecule has 1 N–H and O–H groups in total. The first kappa shape index (κ1) is 20.5. The fourth-order valence-corrected chi connectivity index (χ4v) is 2.47. The van der Waals surface area contributed by atoms with E-state index in [4.69, 9.17) is 9.84 Å². The maximum absolute atomic E-state index is 10.3. The van der Waals surface area contributed by atoms with Gasteiger partial charge in [0.2, 0.25) is 0 Å². The van der Waals surface area contributed by atoms with Gasteiger partial charge in [0.05, 0.1) is 18.9 Å². The minimum absolute atomic E-state index is 0.250. The number of carboxylic acid groups (broad SMARTS) is 1. The van der Waals surface area contributed by atoms with Gasteiger partial charge in [-0.05, 0) is 73.2 Å². The number of unbranched alkanes of at least 4 members (excludes halogenated alkanes) is 2. The van der Waals surface area contributed by atoms with E-state index in [1.54, 1.807) is 0 Å². The molecule has 0 saturated heterocycles. The number of aryl methyl sites for hydroxylation is 1. The van der Waals surface area contributed by atoms with Crippen molar-refractivity contribution in [2.24, 2.45) is 4.99 Å². The second-order valence-electron chi connectivity index (χ2n) is 6.27. The number of rotatable bonds is 11. The van der Waals surface area contributed by atoms with Crippen LogP contribution in [0.5, 0.6) is 5.75 Å². The summed E-state index contributed by atoms with van der Waals surface area (Å²) in [4.78, 5) is 14.8. The SMILES string of the molecule is CCCCOc1ccc(C=Nc2ccc(CCCCOC(=O)O)cc2)cc1. The Morgan fingerprint density at radius 2 is 1.74 bits per heavy atom. The van der Waals surface area contributed by atoms with Crippen molar-refractivity contribution in [2.75, 3.05) is 13.2 Å². The van der Waals surface area contributed by atoms with Gasteiger partial charge in [-0.2, -0.15) is 0 Å². The molecule has 0 atom stereocenters. The topological polar surface area (TPSA) is 68.1 Å². The molecule has 0 saturated carbocycles. The molecule has 0 radical (unpaired) electrons. The van der Waals surface area contributed by atoms with Crippen LogP contribution in [0, 0.1) is 0 Å². The minimum Gasteiger partial charge on any atom is -0.494 e. The largest absolute Gasteiger partial charge is 0.505 e. The van der Waals surface area contributed by atoms with Crippen molar-refractivity contribution in [3.05, 3.63) is 59.7 Å². The zero-order valence-corrected chi connectivity index (χ0v) is 15.8. The molecule has 144 valence electrons. The Kier molecular flexibility index (Phi) is 8.90. The summed E-state index contributed by atoms with van der Waals surface area (Å²) in [6, 6.07) is 16.0. The Morgan fingerprint density at radius 3 is 2.41 bits per heavy atom. The van der Waals surface area contributed by atoms with Gasteiger partial charge >= 0.3 is 6.16 Å². The first-order valence-electron chi connectivity index (χ1n) is 9.39. The zero-order chi connectivity index (χ0) is 19.3. The second kappa shape index (κ2) is 11.7. The predicted octanol–water partition coefficient (Wildman–Crippen LogP) is 5.63. The third kappa shape index (κ3) is 8.40. The molecule has 0 aromatic heterocycles. The number of benzene rings is 2. The van der Waals surface area contributed by atoms with E-state index in [0.717, 1.165) is 55.7 Å². The zero-order valence-electron chi connectivity index (χ0n) is 15.8. The fraction of sp³-hybridized carbons (Fsp3) is 0.364. The van der Waals surface area contributed by atoms with Crippen LogP contribution in [0.1, 0.15) is 43.7 Å². The van der Waals surface area contributed by atoms with E-state index in [9.17, 15) is 4.79 Å². The number of carbonyl (C=O) groups is 1. The van der Waals surface area contributed by atoms with Crippen molar-refractivity contribution >= 4 is 18.1 Å². The number of hydrogen-bond donors (Lipinski definition) is 1. The number of hydrogen-bond acceptors (Lipinski definition) is 4. The van der Waals surface area contributed by atoms with Gasteiger partial charge in [-0.1, -0.05) is 25.5 Å². The van der Waals surface area contributed by atoms with Crippen LogP contribution in [0.2, 0.25) is 0 Å². The Hall–Kier alpha value is -2.82. The summed E-state index contributed by atoms with van der Waals surface area (Å²) >= 11 is 0. The van der Waals surface area contributed by atoms with E-state index in [1.165, 1.54) is 5.56 Å². The molecule has 2 rings (SSSR count). The first-order chi connectivity index (χ1) is 13.2. The maximum Gasteiger partial charge on any atom is 0.505 e. The van der Waals surface area contributed by atoms with Gasteiger partial charge in [-0.15, -0.1) is 0 Å². The molecule has 5 heteroatoms. The molecule has 0 fully saturated rings. The van der Waals surface area contributed by atoms with Crippen LogP contribution in [-0.2, 0) is 11.2 Å². The molecule has 0 amide bonds. The molecule has 0 spiro atoms. The smallest absolute Gasteiger partial charge is 0.494 e. The van der Waals surface area contributed by atoms with Crippen LogP contribution in [-0.4, -0.2) is 30.7 Å². The highest BCUT2D eigenvalue weighted by molar-refractivity contribution is 5.82. The number of aliphatic imine (C=N–C) groups is 1. The molecule has 2 aromatic carbocycles. The lowest BCUT2D eigenvalue weighted by atomic mass is 10.1. The lowest BCUT2D eigenvalue weighted by Gasteiger charge is -2.05. The van der Waals surface area contributed by atoms with E-state index in [0.29, 0.717) is 0 Å². The van der Waals surface area contributed by atoms with Crippen molar-refractivity contribution in [2.45, 2.75) is 39.0 Å². The molecular formula is C22H27NO4. The van der Waals surface area contributed by atoms with Gasteiger partial charge < -0.3 is 14.6 Å². The lowest BCUT2D eigenvalue weighted by molar-refractivity contribution is 0.0902. The molecular weight excluding hydrogens is 342 g/mol. The Labute approximate surface area is 160 Å². The van der Waals surface area contributed by atoms with Crippen molar-refractivity contribution < 1.29 is 19.4 Å². The van der Waals surface area contributed by atoms with Crippen LogP contribution in [0.4, 0.5) is 10.5 Å². The number of ether oxygens (including phenoxy) is 2. The van der Waals surface area contributed by atoms with Crippen LogP contribution < -0.4 is 4.74 Å². The van der Waals surface area contributed by atoms with Crippen LogP contribution >= 0.6 is 0 Å². The summed E-state index contributed by atoms with van der Waals surface area (Å²) < 4.78 is 10.1. The van der Waals surface area contributed by atoms with Gasteiger partial charge in [0.25, 0.3) is 0 Å². The maximum atomic E-state index is 10.3. The second-order valence-corrected chi connectivity index (χ2v) is 6.27. The van der Waals surface area contributed by atoms with Crippen molar-refractivity contribution in [1.29, 1.82) is 0 Å². The van der Waals surface area contributed by atoms with Gasteiger partial charge in [0.15, 0.2) is 0 Å². The van der Waals surface area contributed by atoms with Crippen molar-refractivity contribution in [3.63, 3.8) is 0 Å². The monoisotopic (exact) mass is 369 g/mol. The summed E-state index contributed by atoms with van der Waals surface area (Å²) in [5.41, 5.74) is 3.13. The summed E-state index contributed by atoms with van der Waals surface area (Å²) in [5, 5.41) is 8.41. The van der Waals surface area contributed by atoms with E-state index >= 15 is 0 Å². The van der Waals surface area contributed by atoms with E-state index < -0.39 is 6.16 Å². The summed E-state index contributed by atoms with van der Waals surface area (Å²) in [7, 11) is 0. The molecule has 5 nitrogen and oxygen atoms in total. The summed E-state index contributed by atoms with van der Waals surface area (Å²) in [5.74, 6) is 0.888. The normalized spacial score (nSPS) is 10.9. The van der Waals surface area contributed by atoms with E-state index in [2.05, 4.69) is 28.8 Å². The van der Waals surface area contributed by atoms with Crippen LogP contribution in [0.15, 0.2) is 53.5 Å². The minimum atomic E-state index is -1.21. The highest BCUT2D eigenvalue weighted by Crippen LogP contribution is 2.16. The Bertz CT molecular complexity index is 708. The Morgan fingerprint density at radius 1 is 1.00 bits per heavy atom. The van der Waals surface area contributed by atoms with Gasteiger partial charge in [-0.3, -0.25) is 4.99 Å². The molecule has 2 aromatic rings. The molecule has 27 heavy (non-hydrogen) atoms.